The maximum atomic E-state index is 11.3. The summed E-state index contributed by atoms with van der Waals surface area (Å²) in [5.74, 6) is 0. The average molecular weight is 200 g/mol. The molecule has 0 aliphatic heterocycles. The number of rotatable bonds is 5. The quantitative estimate of drug-likeness (QED) is 0.659. The third kappa shape index (κ3) is 6.51. The van der Waals surface area contributed by atoms with Gasteiger partial charge in [0.05, 0.1) is 5.32 Å². The maximum absolute atomic E-state index is 11.3. The van der Waals surface area contributed by atoms with E-state index in [4.69, 9.17) is 0 Å². The summed E-state index contributed by atoms with van der Waals surface area (Å²) < 4.78 is 11.3. The van der Waals surface area contributed by atoms with E-state index in [2.05, 4.69) is 24.5 Å². The fraction of sp³-hybridized carbons (Fsp3) is 0.778. The number of hydrogen-bond acceptors (Lipinski definition) is 3. The lowest BCUT2D eigenvalue weighted by Crippen LogP contribution is -2.29. The third-order valence-electron chi connectivity index (χ3n) is 1.38. The van der Waals surface area contributed by atoms with E-state index in [9.17, 15) is 4.46 Å². The summed E-state index contributed by atoms with van der Waals surface area (Å²) >= 11 is 0. The van der Waals surface area contributed by atoms with Crippen molar-refractivity contribution in [1.82, 2.24) is 10.6 Å². The fourth-order valence-corrected chi connectivity index (χ4v) is 1.58. The van der Waals surface area contributed by atoms with Gasteiger partial charge in [-0.1, -0.05) is 0 Å². The van der Waals surface area contributed by atoms with Gasteiger partial charge in [0.15, 0.2) is 0 Å². The van der Waals surface area contributed by atoms with Gasteiger partial charge in [-0.15, -0.1) is 0 Å². The molecule has 0 saturated carbocycles. The molecule has 0 aromatic rings. The second kappa shape index (κ2) is 5.91. The zero-order valence-corrected chi connectivity index (χ0v) is 10.1. The van der Waals surface area contributed by atoms with Crippen molar-refractivity contribution in [1.29, 1.82) is 0 Å². The second-order valence-corrected chi connectivity index (χ2v) is 5.39. The van der Waals surface area contributed by atoms with Gasteiger partial charge in [-0.3, -0.25) is 0 Å². The van der Waals surface area contributed by atoms with E-state index in [0.717, 1.165) is 5.32 Å². The Bertz CT molecular complexity index is 200. The van der Waals surface area contributed by atoms with Gasteiger partial charge in [-0.05, 0) is 34.2 Å². The van der Waals surface area contributed by atoms with Crippen molar-refractivity contribution in [2.75, 3.05) is 0 Å². The molecule has 0 aliphatic rings. The molecule has 0 aromatic heterocycles. The Morgan fingerprint density at radius 2 is 1.77 bits per heavy atom. The van der Waals surface area contributed by atoms with Crippen LogP contribution in [0.5, 0.6) is 0 Å². The Morgan fingerprint density at radius 3 is 2.08 bits per heavy atom. The van der Waals surface area contributed by atoms with E-state index in [1.54, 1.807) is 6.55 Å². The van der Waals surface area contributed by atoms with Crippen LogP contribution >= 0.6 is 0 Å². The molecule has 0 rings (SSSR count). The highest BCUT2D eigenvalue weighted by Crippen LogP contribution is 1.92. The van der Waals surface area contributed by atoms with Gasteiger partial charge in [0.2, 0.25) is 0 Å². The van der Waals surface area contributed by atoms with Crippen LogP contribution in [-0.4, -0.2) is 20.8 Å². The van der Waals surface area contributed by atoms with Crippen molar-refractivity contribution < 1.29 is 4.46 Å². The molecule has 0 heterocycles. The first-order chi connectivity index (χ1) is 5.93. The molecule has 0 aliphatic carbocycles. The fourth-order valence-electron chi connectivity index (χ4n) is 0.806. The lowest BCUT2D eigenvalue weighted by molar-refractivity contribution is 0.560. The van der Waals surface area contributed by atoms with Crippen LogP contribution in [0.15, 0.2) is 11.5 Å². The van der Waals surface area contributed by atoms with Crippen LogP contribution in [0.2, 0.25) is 6.55 Å². The Morgan fingerprint density at radius 1 is 1.23 bits per heavy atom. The van der Waals surface area contributed by atoms with Gasteiger partial charge in [0.1, 0.15) is 0 Å². The summed E-state index contributed by atoms with van der Waals surface area (Å²) in [5, 5.41) is 7.13. The zero-order valence-electron chi connectivity index (χ0n) is 9.14. The molecule has 0 bridgehead atoms. The first kappa shape index (κ1) is 12.4. The van der Waals surface area contributed by atoms with Crippen LogP contribution in [0.25, 0.3) is 0 Å². The van der Waals surface area contributed by atoms with Crippen molar-refractivity contribution >= 4 is 8.68 Å². The Labute approximate surface area is 82.3 Å². The molecular formula is C9H20N2OSi. The highest BCUT2D eigenvalue weighted by molar-refractivity contribution is 6.50. The lowest BCUT2D eigenvalue weighted by atomic mass is 10.4. The van der Waals surface area contributed by atoms with E-state index in [1.807, 2.05) is 20.0 Å². The van der Waals surface area contributed by atoms with Crippen LogP contribution in [0.1, 0.15) is 27.7 Å². The minimum absolute atomic E-state index is 0.328. The summed E-state index contributed by atoms with van der Waals surface area (Å²) in [5.41, 5.74) is 0. The van der Waals surface area contributed by atoms with Gasteiger partial charge < -0.3 is 15.1 Å². The van der Waals surface area contributed by atoms with Gasteiger partial charge in [0.25, 0.3) is 0 Å². The predicted octanol–water partition coefficient (Wildman–Crippen LogP) is 1.41. The van der Waals surface area contributed by atoms with E-state index in [-0.39, 0.29) is 0 Å². The summed E-state index contributed by atoms with van der Waals surface area (Å²) in [6, 6.07) is 0.708. The van der Waals surface area contributed by atoms with Crippen molar-refractivity contribution in [3.8, 4) is 0 Å². The van der Waals surface area contributed by atoms with E-state index >= 15 is 0 Å². The van der Waals surface area contributed by atoms with Crippen LogP contribution in [0, 0.1) is 0 Å². The molecule has 0 amide bonds. The molecule has 13 heavy (non-hydrogen) atoms. The Balaban J connectivity index is 4.24. The number of hydrogen-bond donors (Lipinski definition) is 2. The summed E-state index contributed by atoms with van der Waals surface area (Å²) in [7, 11) is -1.63. The summed E-state index contributed by atoms with van der Waals surface area (Å²) in [6.45, 7) is 9.92. The molecule has 0 spiro atoms. The van der Waals surface area contributed by atoms with Gasteiger partial charge >= 0.3 is 8.68 Å². The molecule has 0 unspecified atom stereocenters. The zero-order chi connectivity index (χ0) is 10.4. The molecule has 4 heteroatoms. The topological polar surface area (TPSA) is 41.1 Å². The highest BCUT2D eigenvalue weighted by Gasteiger charge is 2.06. The first-order valence-corrected chi connectivity index (χ1v) is 6.58. The molecule has 0 saturated heterocycles. The minimum Gasteiger partial charge on any atom is -0.387 e. The maximum Gasteiger partial charge on any atom is 0.326 e. The predicted molar refractivity (Wildman–Crippen MR) is 56.9 cm³/mol. The monoisotopic (exact) mass is 200 g/mol. The number of nitrogens with one attached hydrogen (secondary N) is 2. The summed E-state index contributed by atoms with van der Waals surface area (Å²) in [4.78, 5) is 0. The smallest absolute Gasteiger partial charge is 0.326 e. The van der Waals surface area contributed by atoms with Gasteiger partial charge in [-0.2, -0.15) is 0 Å². The van der Waals surface area contributed by atoms with Gasteiger partial charge in [0, 0.05) is 18.3 Å². The third-order valence-corrected chi connectivity index (χ3v) is 2.43. The van der Waals surface area contributed by atoms with Crippen LogP contribution < -0.4 is 10.6 Å². The lowest BCUT2D eigenvalue weighted by Gasteiger charge is -2.12. The Kier molecular flexibility index (Phi) is 5.62. The summed E-state index contributed by atoms with van der Waals surface area (Å²) in [6.07, 6.45) is 1.83. The minimum atomic E-state index is -1.63. The van der Waals surface area contributed by atoms with Crippen molar-refractivity contribution in [3.05, 3.63) is 11.5 Å². The van der Waals surface area contributed by atoms with Crippen LogP contribution in [0.3, 0.4) is 0 Å². The molecule has 0 aromatic carbocycles. The van der Waals surface area contributed by atoms with E-state index in [0.29, 0.717) is 12.1 Å². The molecule has 3 nitrogen and oxygen atoms in total. The molecule has 76 valence electrons. The van der Waals surface area contributed by atoms with Crippen LogP contribution in [-0.2, 0) is 4.46 Å². The van der Waals surface area contributed by atoms with Crippen molar-refractivity contribution in [2.45, 2.75) is 46.3 Å². The van der Waals surface area contributed by atoms with Crippen molar-refractivity contribution in [2.24, 2.45) is 0 Å². The average Bonchev–Trinajstić information content (AvgIpc) is 1.96. The second-order valence-electron chi connectivity index (χ2n) is 3.73. The molecule has 2 N–H and O–H groups in total. The SMILES string of the molecule is CC(C)NC=C(NC(C)C)[Si](C)=O. The first-order valence-electron chi connectivity index (χ1n) is 4.67. The standard InChI is InChI=1S/C9H20N2OSi/c1-7(2)10-6-9(13(5)12)11-8(3)4/h6-8,10-11H,1-5H3. The largest absolute Gasteiger partial charge is 0.387 e. The van der Waals surface area contributed by atoms with E-state index < -0.39 is 8.68 Å². The molecule has 0 radical (unpaired) electrons. The molecule has 0 fully saturated rings. The normalized spacial score (nSPS) is 12.1. The van der Waals surface area contributed by atoms with Crippen molar-refractivity contribution in [3.63, 3.8) is 0 Å². The molecule has 0 atom stereocenters. The van der Waals surface area contributed by atoms with E-state index in [1.165, 1.54) is 0 Å². The molecular weight excluding hydrogens is 180 g/mol. The van der Waals surface area contributed by atoms with Crippen LogP contribution in [0.4, 0.5) is 0 Å². The Hall–Kier alpha value is -0.643. The van der Waals surface area contributed by atoms with Gasteiger partial charge in [-0.25, -0.2) is 0 Å². The highest BCUT2D eigenvalue weighted by atomic mass is 28.3.